The molecule has 24 heavy (non-hydrogen) atoms. The number of aliphatic carboxylic acids is 1. The first-order chi connectivity index (χ1) is 11.4. The van der Waals surface area contributed by atoms with E-state index in [4.69, 9.17) is 0 Å². The van der Waals surface area contributed by atoms with Crippen LogP contribution >= 0.6 is 0 Å². The van der Waals surface area contributed by atoms with Gasteiger partial charge in [0.1, 0.15) is 0 Å². The third-order valence-electron chi connectivity index (χ3n) is 3.43. The van der Waals surface area contributed by atoms with Crippen molar-refractivity contribution in [2.75, 3.05) is 6.54 Å². The Morgan fingerprint density at radius 2 is 1.71 bits per heavy atom. The third kappa shape index (κ3) is 5.04. The molecule has 126 valence electrons. The number of carbonyl (C=O) groups is 1. The van der Waals surface area contributed by atoms with Crippen molar-refractivity contribution in [2.45, 2.75) is 18.2 Å². The summed E-state index contributed by atoms with van der Waals surface area (Å²) in [5.41, 5.74) is 1.87. The van der Waals surface area contributed by atoms with E-state index in [0.29, 0.717) is 0 Å². The van der Waals surface area contributed by atoms with Gasteiger partial charge in [-0.2, -0.15) is 0 Å². The molecule has 0 unspecified atom stereocenters. The van der Waals surface area contributed by atoms with E-state index in [-0.39, 0.29) is 23.4 Å². The molecule has 0 aromatic heterocycles. The molecule has 2 aromatic rings. The van der Waals surface area contributed by atoms with E-state index in [0.717, 1.165) is 11.1 Å². The minimum absolute atomic E-state index is 0.0151. The van der Waals surface area contributed by atoms with Crippen LogP contribution in [0.5, 0.6) is 0 Å². The molecule has 6 heteroatoms. The van der Waals surface area contributed by atoms with E-state index in [2.05, 4.69) is 4.72 Å². The molecule has 0 aliphatic rings. The van der Waals surface area contributed by atoms with Gasteiger partial charge in [0.05, 0.1) is 4.90 Å². The molecule has 2 aromatic carbocycles. The zero-order chi connectivity index (χ0) is 17.6. The number of benzene rings is 2. The first-order valence-electron chi connectivity index (χ1n) is 7.44. The third-order valence-corrected chi connectivity index (χ3v) is 4.91. The molecule has 0 heterocycles. The largest absolute Gasteiger partial charge is 0.478 e. The second kappa shape index (κ2) is 7.90. The number of sulfonamides is 1. The molecule has 0 radical (unpaired) electrons. The fraction of sp³-hybridized carbons (Fsp3) is 0.167. The molecule has 5 nitrogen and oxygen atoms in total. The van der Waals surface area contributed by atoms with Gasteiger partial charge in [-0.05, 0) is 37.1 Å². The molecule has 0 fully saturated rings. The van der Waals surface area contributed by atoms with Crippen molar-refractivity contribution in [3.05, 3.63) is 71.3 Å². The topological polar surface area (TPSA) is 83.5 Å². The highest BCUT2D eigenvalue weighted by Gasteiger charge is 2.14. The number of carboxylic acids is 1. The Kier molecular flexibility index (Phi) is 5.89. The van der Waals surface area contributed by atoms with Crippen LogP contribution < -0.4 is 4.72 Å². The van der Waals surface area contributed by atoms with E-state index in [9.17, 15) is 18.3 Å². The molecule has 0 spiro atoms. The van der Waals surface area contributed by atoms with Gasteiger partial charge in [0, 0.05) is 12.1 Å². The lowest BCUT2D eigenvalue weighted by molar-refractivity contribution is -0.132. The van der Waals surface area contributed by atoms with Gasteiger partial charge in [0.2, 0.25) is 10.0 Å². The number of hydrogen-bond acceptors (Lipinski definition) is 3. The van der Waals surface area contributed by atoms with E-state index >= 15 is 0 Å². The minimum atomic E-state index is -3.64. The first-order valence-corrected chi connectivity index (χ1v) is 8.92. The lowest BCUT2D eigenvalue weighted by atomic mass is 10.1. The highest BCUT2D eigenvalue weighted by atomic mass is 32.2. The van der Waals surface area contributed by atoms with Crippen molar-refractivity contribution in [3.8, 4) is 0 Å². The Hall–Kier alpha value is -2.44. The molecule has 2 N–H and O–H groups in total. The summed E-state index contributed by atoms with van der Waals surface area (Å²) in [6.45, 7) is 1.89. The maximum absolute atomic E-state index is 12.2. The summed E-state index contributed by atoms with van der Waals surface area (Å²) in [6.07, 6.45) is 1.64. The highest BCUT2D eigenvalue weighted by Crippen LogP contribution is 2.12. The van der Waals surface area contributed by atoms with Crippen LogP contribution in [0.1, 0.15) is 17.5 Å². The van der Waals surface area contributed by atoms with E-state index < -0.39 is 16.0 Å². The van der Waals surface area contributed by atoms with Crippen molar-refractivity contribution in [3.63, 3.8) is 0 Å². The van der Waals surface area contributed by atoms with Gasteiger partial charge in [-0.25, -0.2) is 17.9 Å². The lowest BCUT2D eigenvalue weighted by Gasteiger charge is -2.08. The maximum atomic E-state index is 12.2. The first kappa shape index (κ1) is 17.9. The predicted octanol–water partition coefficient (Wildman–Crippen LogP) is 2.83. The fourth-order valence-electron chi connectivity index (χ4n) is 2.11. The second-order valence-corrected chi connectivity index (χ2v) is 7.11. The maximum Gasteiger partial charge on any atom is 0.331 e. The van der Waals surface area contributed by atoms with Crippen LogP contribution in [0, 0.1) is 6.92 Å². The van der Waals surface area contributed by atoms with Gasteiger partial charge in [0.25, 0.3) is 0 Å². The van der Waals surface area contributed by atoms with Crippen molar-refractivity contribution in [1.82, 2.24) is 4.72 Å². The highest BCUT2D eigenvalue weighted by molar-refractivity contribution is 7.89. The van der Waals surface area contributed by atoms with Crippen LogP contribution in [0.25, 0.3) is 6.08 Å². The molecular weight excluding hydrogens is 326 g/mol. The van der Waals surface area contributed by atoms with Crippen molar-refractivity contribution in [2.24, 2.45) is 0 Å². The number of carboxylic acid groups (broad SMARTS) is 1. The Bertz CT molecular complexity index is 825. The van der Waals surface area contributed by atoms with Gasteiger partial charge >= 0.3 is 5.97 Å². The molecule has 2 rings (SSSR count). The van der Waals surface area contributed by atoms with Gasteiger partial charge < -0.3 is 5.11 Å². The predicted molar refractivity (Wildman–Crippen MR) is 93.0 cm³/mol. The van der Waals surface area contributed by atoms with Gasteiger partial charge in [0.15, 0.2) is 0 Å². The molecule has 0 atom stereocenters. The van der Waals surface area contributed by atoms with Gasteiger partial charge in [-0.15, -0.1) is 0 Å². The number of aryl methyl sites for hydroxylation is 1. The molecule has 0 amide bonds. The van der Waals surface area contributed by atoms with Gasteiger partial charge in [-0.3, -0.25) is 0 Å². The summed E-state index contributed by atoms with van der Waals surface area (Å²) in [4.78, 5) is 11.5. The van der Waals surface area contributed by atoms with Crippen LogP contribution in [0.4, 0.5) is 0 Å². The number of nitrogens with one attached hydrogen (secondary N) is 1. The van der Waals surface area contributed by atoms with Gasteiger partial charge in [-0.1, -0.05) is 48.0 Å². The van der Waals surface area contributed by atoms with E-state index in [1.54, 1.807) is 30.3 Å². The SMILES string of the molecule is Cc1ccc(S(=O)(=O)NCC/C(=C\c2ccccc2)C(=O)O)cc1. The molecule has 0 aliphatic carbocycles. The summed E-state index contributed by atoms with van der Waals surface area (Å²) in [5, 5.41) is 9.27. The second-order valence-electron chi connectivity index (χ2n) is 5.35. The van der Waals surface area contributed by atoms with Crippen molar-refractivity contribution >= 4 is 22.1 Å². The van der Waals surface area contributed by atoms with Crippen LogP contribution in [0.15, 0.2) is 65.1 Å². The summed E-state index contributed by atoms with van der Waals surface area (Å²) in [5.74, 6) is -1.06. The number of hydrogen-bond donors (Lipinski definition) is 2. The summed E-state index contributed by atoms with van der Waals surface area (Å²) >= 11 is 0. The average molecular weight is 345 g/mol. The minimum Gasteiger partial charge on any atom is -0.478 e. The summed E-state index contributed by atoms with van der Waals surface area (Å²) in [6, 6.07) is 15.5. The Morgan fingerprint density at radius 1 is 1.08 bits per heavy atom. The summed E-state index contributed by atoms with van der Waals surface area (Å²) < 4.78 is 26.8. The Balaban J connectivity index is 2.04. The van der Waals surface area contributed by atoms with Crippen LogP contribution in [-0.4, -0.2) is 26.0 Å². The molecule has 0 bridgehead atoms. The normalized spacial score (nSPS) is 12.1. The van der Waals surface area contributed by atoms with Crippen molar-refractivity contribution in [1.29, 1.82) is 0 Å². The molecular formula is C18H19NO4S. The molecule has 0 saturated carbocycles. The van der Waals surface area contributed by atoms with E-state index in [1.807, 2.05) is 25.1 Å². The smallest absolute Gasteiger partial charge is 0.331 e. The standard InChI is InChI=1S/C18H19NO4S/c1-14-7-9-17(10-8-14)24(22,23)19-12-11-16(18(20)21)13-15-5-3-2-4-6-15/h2-10,13,19H,11-12H2,1H3,(H,20,21)/b16-13+. The quantitative estimate of drug-likeness (QED) is 0.756. The Morgan fingerprint density at radius 3 is 2.29 bits per heavy atom. The molecule has 0 saturated heterocycles. The Labute approximate surface area is 141 Å². The zero-order valence-corrected chi connectivity index (χ0v) is 14.1. The van der Waals surface area contributed by atoms with Crippen molar-refractivity contribution < 1.29 is 18.3 Å². The molecule has 0 aliphatic heterocycles. The lowest BCUT2D eigenvalue weighted by Crippen LogP contribution is -2.25. The number of rotatable bonds is 7. The monoisotopic (exact) mass is 345 g/mol. The van der Waals surface area contributed by atoms with Crippen LogP contribution in [0.2, 0.25) is 0 Å². The van der Waals surface area contributed by atoms with E-state index in [1.165, 1.54) is 12.1 Å². The fourth-order valence-corrected chi connectivity index (χ4v) is 3.14. The summed E-state index contributed by atoms with van der Waals surface area (Å²) in [7, 11) is -3.64. The van der Waals surface area contributed by atoms with Crippen LogP contribution in [-0.2, 0) is 14.8 Å². The average Bonchev–Trinajstić information content (AvgIpc) is 2.55. The zero-order valence-electron chi connectivity index (χ0n) is 13.3. The van der Waals surface area contributed by atoms with Crippen LogP contribution in [0.3, 0.4) is 0 Å².